The predicted molar refractivity (Wildman–Crippen MR) is 68.6 cm³/mol. The van der Waals surface area contributed by atoms with E-state index < -0.39 is 0 Å². The smallest absolute Gasteiger partial charge is 1.00 e. The van der Waals surface area contributed by atoms with Gasteiger partial charge in [0.15, 0.2) is 0 Å². The van der Waals surface area contributed by atoms with E-state index in [4.69, 9.17) is 0 Å². The molecular weight excluding hydrogens is 223 g/mol. The maximum Gasteiger partial charge on any atom is 1.00 e. The second-order valence-corrected chi connectivity index (χ2v) is 4.49. The third-order valence-corrected chi connectivity index (χ3v) is 2.87. The molecule has 0 heterocycles. The van der Waals surface area contributed by atoms with Crippen molar-refractivity contribution in [1.29, 1.82) is 0 Å². The van der Waals surface area contributed by atoms with Crippen LogP contribution >= 0.6 is 0 Å². The summed E-state index contributed by atoms with van der Waals surface area (Å²) in [6.45, 7) is 2.23. The van der Waals surface area contributed by atoms with E-state index in [2.05, 4.69) is 6.92 Å². The number of carbonyl (C=O) groups is 2. The van der Waals surface area contributed by atoms with Crippen LogP contribution in [0.5, 0.6) is 0 Å². The summed E-state index contributed by atoms with van der Waals surface area (Å²) in [4.78, 5) is 21.1. The Labute approximate surface area is 130 Å². The van der Waals surface area contributed by atoms with Gasteiger partial charge in [-0.3, -0.25) is 4.79 Å². The molecule has 0 saturated heterocycles. The molecule has 0 bridgehead atoms. The third-order valence-electron chi connectivity index (χ3n) is 2.87. The molecule has 3 heteroatoms. The molecule has 0 aromatic rings. The van der Waals surface area contributed by atoms with Crippen LogP contribution in [0.2, 0.25) is 0 Å². The van der Waals surface area contributed by atoms with Gasteiger partial charge in [0.2, 0.25) is 0 Å². The van der Waals surface area contributed by atoms with Crippen molar-refractivity contribution in [3.8, 4) is 0 Å². The summed E-state index contributed by atoms with van der Waals surface area (Å²) in [5, 5.41) is 0. The molecule has 0 amide bonds. The standard InChI is InChI=1S/C14H26O2.Na.H/c1-2-3-4-5-6-7-8-9-10-11-14(16)12-13-15;;/h13H,2-12H2,1H3;;/q;+1;-1. The molecule has 0 radical (unpaired) electrons. The molecule has 96 valence electrons. The zero-order valence-corrected chi connectivity index (χ0v) is 13.7. The van der Waals surface area contributed by atoms with Crippen molar-refractivity contribution in [2.45, 2.75) is 77.6 Å². The number of rotatable bonds is 12. The Hall–Kier alpha value is 0.340. The summed E-state index contributed by atoms with van der Waals surface area (Å²) >= 11 is 0. The SMILES string of the molecule is CCCCCCCCCCCC(=O)CC=O.[H-].[Na+]. The van der Waals surface area contributed by atoms with Gasteiger partial charge in [0, 0.05) is 6.42 Å². The van der Waals surface area contributed by atoms with Crippen LogP contribution in [0, 0.1) is 0 Å². The van der Waals surface area contributed by atoms with E-state index in [0.717, 1.165) is 12.8 Å². The van der Waals surface area contributed by atoms with Gasteiger partial charge in [-0.2, -0.15) is 0 Å². The molecule has 0 aliphatic rings. The minimum Gasteiger partial charge on any atom is -1.00 e. The predicted octanol–water partition coefficient (Wildman–Crippen LogP) is 1.18. The molecule has 0 aliphatic heterocycles. The van der Waals surface area contributed by atoms with Gasteiger partial charge < -0.3 is 6.22 Å². The Bertz CT molecular complexity index is 187. The van der Waals surface area contributed by atoms with Crippen LogP contribution in [-0.2, 0) is 9.59 Å². The van der Waals surface area contributed by atoms with E-state index in [1.807, 2.05) is 0 Å². The fourth-order valence-corrected chi connectivity index (χ4v) is 1.83. The Morgan fingerprint density at radius 3 is 1.88 bits per heavy atom. The molecule has 0 unspecified atom stereocenters. The topological polar surface area (TPSA) is 34.1 Å². The normalized spacial score (nSPS) is 9.71. The van der Waals surface area contributed by atoms with Crippen molar-refractivity contribution >= 4 is 12.1 Å². The molecule has 2 nitrogen and oxygen atoms in total. The van der Waals surface area contributed by atoms with E-state index in [1.165, 1.54) is 44.9 Å². The second kappa shape index (κ2) is 16.3. The molecule has 0 fully saturated rings. The van der Waals surface area contributed by atoms with Crippen LogP contribution in [0.15, 0.2) is 0 Å². The molecule has 0 aliphatic carbocycles. The third kappa shape index (κ3) is 16.3. The van der Waals surface area contributed by atoms with E-state index in [0.29, 0.717) is 12.7 Å². The van der Waals surface area contributed by atoms with E-state index >= 15 is 0 Å². The van der Waals surface area contributed by atoms with E-state index in [1.54, 1.807) is 0 Å². The van der Waals surface area contributed by atoms with Gasteiger partial charge >= 0.3 is 29.6 Å². The molecule has 0 N–H and O–H groups in total. The summed E-state index contributed by atoms with van der Waals surface area (Å²) in [5.74, 6) is 0.0953. The average molecular weight is 250 g/mol. The fourth-order valence-electron chi connectivity index (χ4n) is 1.83. The molecular formula is C14H27NaO2. The number of hydrogen-bond acceptors (Lipinski definition) is 2. The Morgan fingerprint density at radius 1 is 0.941 bits per heavy atom. The molecule has 0 atom stereocenters. The van der Waals surface area contributed by atoms with E-state index in [9.17, 15) is 9.59 Å². The zero-order chi connectivity index (χ0) is 12.1. The van der Waals surface area contributed by atoms with Crippen LogP contribution in [0.25, 0.3) is 0 Å². The molecule has 0 rings (SSSR count). The van der Waals surface area contributed by atoms with Gasteiger partial charge in [-0.05, 0) is 6.42 Å². The maximum atomic E-state index is 11.0. The summed E-state index contributed by atoms with van der Waals surface area (Å²) in [7, 11) is 0. The minimum absolute atomic E-state index is 0. The summed E-state index contributed by atoms with van der Waals surface area (Å²) in [5.41, 5.74) is 0. The van der Waals surface area contributed by atoms with Crippen LogP contribution in [0.3, 0.4) is 0 Å². The van der Waals surface area contributed by atoms with Crippen molar-refractivity contribution in [2.75, 3.05) is 0 Å². The maximum absolute atomic E-state index is 11.0. The largest absolute Gasteiger partial charge is 1.00 e. The summed E-state index contributed by atoms with van der Waals surface area (Å²) < 4.78 is 0. The first-order chi connectivity index (χ1) is 7.81. The Balaban J connectivity index is -0.00000112. The summed E-state index contributed by atoms with van der Waals surface area (Å²) in [6, 6.07) is 0. The van der Waals surface area contributed by atoms with Gasteiger partial charge in [-0.25, -0.2) is 0 Å². The van der Waals surface area contributed by atoms with Crippen molar-refractivity contribution < 1.29 is 40.6 Å². The number of hydrogen-bond donors (Lipinski definition) is 0. The van der Waals surface area contributed by atoms with Crippen LogP contribution in [-0.4, -0.2) is 12.1 Å². The van der Waals surface area contributed by atoms with Gasteiger partial charge in [0.05, 0.1) is 6.42 Å². The van der Waals surface area contributed by atoms with Gasteiger partial charge in [0.25, 0.3) is 0 Å². The first kappa shape index (κ1) is 19.7. The average Bonchev–Trinajstić information content (AvgIpc) is 2.27. The first-order valence-electron chi connectivity index (χ1n) is 6.76. The monoisotopic (exact) mass is 250 g/mol. The number of Topliss-reactive ketones (excluding diaryl/α,β-unsaturated/α-hetero) is 1. The molecule has 0 aromatic carbocycles. The van der Waals surface area contributed by atoms with Crippen LogP contribution in [0.1, 0.15) is 79.0 Å². The van der Waals surface area contributed by atoms with E-state index in [-0.39, 0.29) is 43.2 Å². The Kier molecular flexibility index (Phi) is 18.9. The number of ketones is 1. The van der Waals surface area contributed by atoms with Gasteiger partial charge in [0.1, 0.15) is 12.1 Å². The van der Waals surface area contributed by atoms with Crippen LogP contribution < -0.4 is 29.6 Å². The first-order valence-corrected chi connectivity index (χ1v) is 6.76. The molecule has 0 saturated carbocycles. The van der Waals surface area contributed by atoms with Crippen molar-refractivity contribution in [3.63, 3.8) is 0 Å². The fraction of sp³-hybridized carbons (Fsp3) is 0.857. The molecule has 17 heavy (non-hydrogen) atoms. The second-order valence-electron chi connectivity index (χ2n) is 4.49. The number of unbranched alkanes of at least 4 members (excludes halogenated alkanes) is 8. The zero-order valence-electron chi connectivity index (χ0n) is 12.7. The number of aldehydes is 1. The minimum atomic E-state index is 0. The van der Waals surface area contributed by atoms with Crippen molar-refractivity contribution in [2.24, 2.45) is 0 Å². The van der Waals surface area contributed by atoms with Crippen molar-refractivity contribution in [1.82, 2.24) is 0 Å². The molecule has 0 aromatic heterocycles. The van der Waals surface area contributed by atoms with Gasteiger partial charge in [-0.1, -0.05) is 58.3 Å². The Morgan fingerprint density at radius 2 is 1.41 bits per heavy atom. The van der Waals surface area contributed by atoms with Crippen LogP contribution in [0.4, 0.5) is 0 Å². The van der Waals surface area contributed by atoms with Gasteiger partial charge in [-0.15, -0.1) is 0 Å². The number of carbonyl (C=O) groups excluding carboxylic acids is 2. The molecule has 0 spiro atoms. The summed E-state index contributed by atoms with van der Waals surface area (Å²) in [6.07, 6.45) is 12.8. The van der Waals surface area contributed by atoms with Crippen molar-refractivity contribution in [3.05, 3.63) is 0 Å². The quantitative estimate of drug-likeness (QED) is 0.226.